The second-order valence-electron chi connectivity index (χ2n) is 5.87. The van der Waals surface area contributed by atoms with Crippen LogP contribution in [-0.4, -0.2) is 48.7 Å². The zero-order chi connectivity index (χ0) is 20.5. The van der Waals surface area contributed by atoms with E-state index in [-0.39, 0.29) is 28.8 Å². The highest BCUT2D eigenvalue weighted by molar-refractivity contribution is 6.05. The fourth-order valence-electron chi connectivity index (χ4n) is 2.45. The number of carbonyl (C=O) groups excluding carboxylic acids is 1. The molecule has 1 N–H and O–H groups in total. The fourth-order valence-corrected chi connectivity index (χ4v) is 2.45. The zero-order valence-corrected chi connectivity index (χ0v) is 15.1. The van der Waals surface area contributed by atoms with Crippen molar-refractivity contribution in [3.63, 3.8) is 0 Å². The number of alkyl halides is 3. The minimum absolute atomic E-state index is 0.0696. The van der Waals surface area contributed by atoms with Gasteiger partial charge in [-0.2, -0.15) is 13.2 Å². The lowest BCUT2D eigenvalue weighted by molar-refractivity contribution is -0.162. The average Bonchev–Trinajstić information content (AvgIpc) is 3.26. The fraction of sp³-hybridized carbons (Fsp3) is 0.312. The first kappa shape index (κ1) is 19.3. The quantitative estimate of drug-likeness (QED) is 0.712. The number of hydrogen-bond donors (Lipinski definition) is 1. The van der Waals surface area contributed by atoms with Gasteiger partial charge in [-0.3, -0.25) is 9.48 Å². The Bertz CT molecular complexity index is 996. The normalized spacial score (nSPS) is 12.6. The SMILES string of the molecule is COc1nn(C)cc1C(=O)Nc1cccc(-c2nncn2[C@H](C)C(F)(F)F)n1. The highest BCUT2D eigenvalue weighted by Crippen LogP contribution is 2.32. The van der Waals surface area contributed by atoms with E-state index in [1.165, 1.54) is 36.2 Å². The third kappa shape index (κ3) is 3.80. The van der Waals surface area contributed by atoms with Crippen molar-refractivity contribution in [2.75, 3.05) is 12.4 Å². The van der Waals surface area contributed by atoms with Gasteiger partial charge in [0.2, 0.25) is 5.88 Å². The van der Waals surface area contributed by atoms with Gasteiger partial charge < -0.3 is 14.6 Å². The summed E-state index contributed by atoms with van der Waals surface area (Å²) in [6, 6.07) is 2.68. The summed E-state index contributed by atoms with van der Waals surface area (Å²) >= 11 is 0. The Labute approximate surface area is 157 Å². The maximum absolute atomic E-state index is 13.0. The molecule has 0 fully saturated rings. The predicted octanol–water partition coefficient (Wildman–Crippen LogP) is 2.46. The lowest BCUT2D eigenvalue weighted by atomic mass is 10.2. The molecule has 3 aromatic heterocycles. The molecular formula is C16H16F3N7O2. The van der Waals surface area contributed by atoms with E-state index in [0.717, 1.165) is 17.8 Å². The van der Waals surface area contributed by atoms with Crippen molar-refractivity contribution < 1.29 is 22.7 Å². The molecule has 148 valence electrons. The molecule has 0 spiro atoms. The van der Waals surface area contributed by atoms with Gasteiger partial charge in [0.05, 0.1) is 7.11 Å². The summed E-state index contributed by atoms with van der Waals surface area (Å²) < 4.78 is 46.5. The zero-order valence-electron chi connectivity index (χ0n) is 15.1. The van der Waals surface area contributed by atoms with Crippen LogP contribution in [0.4, 0.5) is 19.0 Å². The third-order valence-corrected chi connectivity index (χ3v) is 3.92. The molecule has 1 atom stereocenters. The van der Waals surface area contributed by atoms with Gasteiger partial charge in [0.1, 0.15) is 29.4 Å². The number of aromatic nitrogens is 6. The molecule has 0 aromatic carbocycles. The Kier molecular flexibility index (Phi) is 5.03. The van der Waals surface area contributed by atoms with Crippen LogP contribution in [-0.2, 0) is 7.05 Å². The van der Waals surface area contributed by atoms with Crippen molar-refractivity contribution in [2.45, 2.75) is 19.1 Å². The number of nitrogens with one attached hydrogen (secondary N) is 1. The molecule has 3 heterocycles. The number of methoxy groups -OCH3 is 1. The summed E-state index contributed by atoms with van der Waals surface area (Å²) in [5.41, 5.74) is 0.315. The predicted molar refractivity (Wildman–Crippen MR) is 91.7 cm³/mol. The number of halogens is 3. The minimum atomic E-state index is -4.47. The number of pyridine rings is 1. The summed E-state index contributed by atoms with van der Waals surface area (Å²) in [5.74, 6) is -0.336. The lowest BCUT2D eigenvalue weighted by Gasteiger charge is -2.18. The van der Waals surface area contributed by atoms with Crippen molar-refractivity contribution >= 4 is 11.7 Å². The molecule has 0 saturated carbocycles. The molecule has 9 nitrogen and oxygen atoms in total. The van der Waals surface area contributed by atoms with Crippen LogP contribution in [0.2, 0.25) is 0 Å². The highest BCUT2D eigenvalue weighted by atomic mass is 19.4. The lowest BCUT2D eigenvalue weighted by Crippen LogP contribution is -2.24. The summed E-state index contributed by atoms with van der Waals surface area (Å²) in [7, 11) is 3.01. The molecule has 1 amide bonds. The molecule has 28 heavy (non-hydrogen) atoms. The molecule has 3 rings (SSSR count). The van der Waals surface area contributed by atoms with E-state index in [1.54, 1.807) is 7.05 Å². The van der Waals surface area contributed by atoms with Crippen molar-refractivity contribution in [3.8, 4) is 17.4 Å². The topological polar surface area (TPSA) is 99.8 Å². The Morgan fingerprint density at radius 1 is 1.32 bits per heavy atom. The third-order valence-electron chi connectivity index (χ3n) is 3.92. The van der Waals surface area contributed by atoms with Crippen LogP contribution in [0.25, 0.3) is 11.5 Å². The number of ether oxygens (including phenoxy) is 1. The second-order valence-corrected chi connectivity index (χ2v) is 5.87. The minimum Gasteiger partial charge on any atom is -0.479 e. The smallest absolute Gasteiger partial charge is 0.408 e. The van der Waals surface area contributed by atoms with Gasteiger partial charge in [-0.25, -0.2) is 4.98 Å². The van der Waals surface area contributed by atoms with Crippen LogP contribution in [0.5, 0.6) is 5.88 Å². The van der Waals surface area contributed by atoms with E-state index < -0.39 is 18.1 Å². The van der Waals surface area contributed by atoms with Gasteiger partial charge in [0.15, 0.2) is 5.82 Å². The molecule has 3 aromatic rings. The van der Waals surface area contributed by atoms with Gasteiger partial charge in [0, 0.05) is 13.2 Å². The number of aryl methyl sites for hydroxylation is 1. The summed E-state index contributed by atoms with van der Waals surface area (Å²) in [6.45, 7) is 0.993. The number of nitrogens with zero attached hydrogens (tertiary/aromatic N) is 6. The van der Waals surface area contributed by atoms with Crippen molar-refractivity contribution in [2.24, 2.45) is 7.05 Å². The molecule has 0 bridgehead atoms. The summed E-state index contributed by atoms with van der Waals surface area (Å²) in [4.78, 5) is 16.6. The van der Waals surface area contributed by atoms with Crippen LogP contribution < -0.4 is 10.1 Å². The van der Waals surface area contributed by atoms with Gasteiger partial charge in [-0.1, -0.05) is 6.07 Å². The maximum atomic E-state index is 13.0. The van der Waals surface area contributed by atoms with Gasteiger partial charge in [-0.05, 0) is 19.1 Å². The molecular weight excluding hydrogens is 379 g/mol. The van der Waals surface area contributed by atoms with Crippen LogP contribution in [0.1, 0.15) is 23.3 Å². The first-order valence-electron chi connectivity index (χ1n) is 8.03. The van der Waals surface area contributed by atoms with E-state index in [4.69, 9.17) is 4.74 Å². The highest BCUT2D eigenvalue weighted by Gasteiger charge is 2.38. The Balaban J connectivity index is 1.88. The van der Waals surface area contributed by atoms with E-state index in [0.29, 0.717) is 0 Å². The summed E-state index contributed by atoms with van der Waals surface area (Å²) in [6.07, 6.45) is -2.01. The molecule has 0 aliphatic heterocycles. The first-order valence-corrected chi connectivity index (χ1v) is 8.03. The Morgan fingerprint density at radius 3 is 2.75 bits per heavy atom. The van der Waals surface area contributed by atoms with Crippen LogP contribution >= 0.6 is 0 Å². The van der Waals surface area contributed by atoms with Crippen molar-refractivity contribution in [1.29, 1.82) is 0 Å². The Morgan fingerprint density at radius 2 is 2.07 bits per heavy atom. The number of carbonyl (C=O) groups is 1. The van der Waals surface area contributed by atoms with Crippen molar-refractivity contribution in [3.05, 3.63) is 36.3 Å². The first-order chi connectivity index (χ1) is 13.2. The van der Waals surface area contributed by atoms with Crippen LogP contribution in [0.3, 0.4) is 0 Å². The van der Waals surface area contributed by atoms with E-state index in [9.17, 15) is 18.0 Å². The van der Waals surface area contributed by atoms with E-state index in [1.807, 2.05) is 0 Å². The standard InChI is InChI=1S/C16H16F3N7O2/c1-9(16(17,18)19)26-8-20-23-13(26)11-5-4-6-12(21-11)22-14(27)10-7-25(2)24-15(10)28-3/h4-9H,1-3H3,(H,21,22,27)/t9-/m1/s1. The van der Waals surface area contributed by atoms with E-state index in [2.05, 4.69) is 25.6 Å². The van der Waals surface area contributed by atoms with Crippen LogP contribution in [0, 0.1) is 0 Å². The molecule has 0 aliphatic carbocycles. The summed E-state index contributed by atoms with van der Waals surface area (Å²) in [5, 5.41) is 13.8. The largest absolute Gasteiger partial charge is 0.479 e. The number of anilines is 1. The van der Waals surface area contributed by atoms with Crippen molar-refractivity contribution in [1.82, 2.24) is 29.5 Å². The van der Waals surface area contributed by atoms with Gasteiger partial charge in [0.25, 0.3) is 5.91 Å². The number of amides is 1. The molecule has 12 heteroatoms. The molecule has 0 unspecified atom stereocenters. The van der Waals surface area contributed by atoms with Crippen LogP contribution in [0.15, 0.2) is 30.7 Å². The molecule has 0 radical (unpaired) electrons. The number of rotatable bonds is 5. The maximum Gasteiger partial charge on any atom is 0.408 e. The van der Waals surface area contributed by atoms with Gasteiger partial charge >= 0.3 is 6.18 Å². The van der Waals surface area contributed by atoms with Gasteiger partial charge in [-0.15, -0.1) is 15.3 Å². The molecule has 0 saturated heterocycles. The molecule has 0 aliphatic rings. The number of hydrogen-bond acceptors (Lipinski definition) is 6. The Hall–Kier alpha value is -3.44. The monoisotopic (exact) mass is 395 g/mol. The average molecular weight is 395 g/mol. The van der Waals surface area contributed by atoms with E-state index >= 15 is 0 Å². The second kappa shape index (κ2) is 7.29.